The van der Waals surface area contributed by atoms with E-state index in [2.05, 4.69) is 0 Å². The number of aromatic carboxylic acids is 1. The van der Waals surface area contributed by atoms with Gasteiger partial charge in [-0.2, -0.15) is 0 Å². The van der Waals surface area contributed by atoms with E-state index < -0.39 is 5.97 Å². The van der Waals surface area contributed by atoms with E-state index in [9.17, 15) is 4.79 Å². The number of hydrogen-bond acceptors (Lipinski definition) is 3. The third-order valence-electron chi connectivity index (χ3n) is 2.80. The summed E-state index contributed by atoms with van der Waals surface area (Å²) in [5.74, 6) is -1.02. The fourth-order valence-corrected chi connectivity index (χ4v) is 1.81. The first-order chi connectivity index (χ1) is 8.58. The molecular weight excluding hydrogens is 228 g/mol. The van der Waals surface area contributed by atoms with Crippen LogP contribution < -0.4 is 11.5 Å². The van der Waals surface area contributed by atoms with Crippen LogP contribution in [0.5, 0.6) is 0 Å². The second kappa shape index (κ2) is 4.79. The summed E-state index contributed by atoms with van der Waals surface area (Å²) in [5, 5.41) is 9.01. The SMILES string of the molecule is Nc1ccccc1Cc1ccc(N)c(C(=O)O)c1. The van der Waals surface area contributed by atoms with Crippen LogP contribution in [0.1, 0.15) is 21.5 Å². The first-order valence-corrected chi connectivity index (χ1v) is 5.53. The van der Waals surface area contributed by atoms with Crippen molar-refractivity contribution in [2.24, 2.45) is 0 Å². The summed E-state index contributed by atoms with van der Waals surface area (Å²) in [7, 11) is 0. The molecule has 4 nitrogen and oxygen atoms in total. The Morgan fingerprint density at radius 1 is 1.06 bits per heavy atom. The molecule has 0 saturated carbocycles. The summed E-state index contributed by atoms with van der Waals surface area (Å²) >= 11 is 0. The van der Waals surface area contributed by atoms with E-state index in [1.807, 2.05) is 30.3 Å². The van der Waals surface area contributed by atoms with Gasteiger partial charge in [-0.25, -0.2) is 4.79 Å². The predicted molar refractivity (Wildman–Crippen MR) is 71.5 cm³/mol. The lowest BCUT2D eigenvalue weighted by molar-refractivity contribution is 0.0698. The van der Waals surface area contributed by atoms with E-state index >= 15 is 0 Å². The van der Waals surface area contributed by atoms with E-state index in [-0.39, 0.29) is 11.3 Å². The van der Waals surface area contributed by atoms with Gasteiger partial charge in [0.1, 0.15) is 0 Å². The van der Waals surface area contributed by atoms with Crippen molar-refractivity contribution in [3.63, 3.8) is 0 Å². The van der Waals surface area contributed by atoms with Crippen LogP contribution in [0.25, 0.3) is 0 Å². The number of carbonyl (C=O) groups is 1. The predicted octanol–water partition coefficient (Wildman–Crippen LogP) is 2.14. The minimum Gasteiger partial charge on any atom is -0.478 e. The molecule has 0 atom stereocenters. The highest BCUT2D eigenvalue weighted by Crippen LogP contribution is 2.19. The van der Waals surface area contributed by atoms with Gasteiger partial charge in [0.25, 0.3) is 0 Å². The van der Waals surface area contributed by atoms with Gasteiger partial charge in [-0.3, -0.25) is 0 Å². The van der Waals surface area contributed by atoms with Gasteiger partial charge in [-0.1, -0.05) is 24.3 Å². The number of hydrogen-bond donors (Lipinski definition) is 3. The summed E-state index contributed by atoms with van der Waals surface area (Å²) in [6.45, 7) is 0. The molecule has 0 unspecified atom stereocenters. The zero-order valence-corrected chi connectivity index (χ0v) is 9.76. The van der Waals surface area contributed by atoms with Crippen LogP contribution >= 0.6 is 0 Å². The van der Waals surface area contributed by atoms with Crippen LogP contribution in [0.15, 0.2) is 42.5 Å². The maximum absolute atomic E-state index is 11.0. The Morgan fingerprint density at radius 3 is 2.44 bits per heavy atom. The maximum atomic E-state index is 11.0. The number of rotatable bonds is 3. The topological polar surface area (TPSA) is 89.3 Å². The molecule has 0 radical (unpaired) electrons. The third-order valence-corrected chi connectivity index (χ3v) is 2.80. The summed E-state index contributed by atoms with van der Waals surface area (Å²) in [4.78, 5) is 11.0. The second-order valence-electron chi connectivity index (χ2n) is 4.10. The van der Waals surface area contributed by atoms with Crippen molar-refractivity contribution in [1.82, 2.24) is 0 Å². The Labute approximate surface area is 105 Å². The third kappa shape index (κ3) is 2.43. The molecule has 92 valence electrons. The molecule has 0 spiro atoms. The molecule has 0 aromatic heterocycles. The molecule has 4 heteroatoms. The molecule has 2 rings (SSSR count). The molecule has 18 heavy (non-hydrogen) atoms. The van der Waals surface area contributed by atoms with Gasteiger partial charge in [0.15, 0.2) is 0 Å². The lowest BCUT2D eigenvalue weighted by atomic mass is 10.0. The maximum Gasteiger partial charge on any atom is 0.337 e. The minimum atomic E-state index is -1.02. The molecule has 0 heterocycles. The monoisotopic (exact) mass is 242 g/mol. The van der Waals surface area contributed by atoms with Crippen LogP contribution in [0.2, 0.25) is 0 Å². The van der Waals surface area contributed by atoms with Gasteiger partial charge in [0.2, 0.25) is 0 Å². The van der Waals surface area contributed by atoms with Crippen molar-refractivity contribution in [3.05, 3.63) is 59.2 Å². The summed E-state index contributed by atoms with van der Waals surface area (Å²) in [6.07, 6.45) is 0.591. The standard InChI is InChI=1S/C14H14N2O2/c15-12-4-2-1-3-10(12)7-9-5-6-13(16)11(8-9)14(17)18/h1-6,8H,7,15-16H2,(H,17,18). The Bertz CT molecular complexity index is 594. The Kier molecular flexibility index (Phi) is 3.19. The van der Waals surface area contributed by atoms with Gasteiger partial charge < -0.3 is 16.6 Å². The molecular formula is C14H14N2O2. The average molecular weight is 242 g/mol. The Morgan fingerprint density at radius 2 is 1.78 bits per heavy atom. The highest BCUT2D eigenvalue weighted by Gasteiger charge is 2.09. The quantitative estimate of drug-likeness (QED) is 0.719. The minimum absolute atomic E-state index is 0.127. The van der Waals surface area contributed by atoms with Gasteiger partial charge in [0.05, 0.1) is 5.56 Å². The van der Waals surface area contributed by atoms with Gasteiger partial charge >= 0.3 is 5.97 Å². The second-order valence-corrected chi connectivity index (χ2v) is 4.10. The molecule has 0 amide bonds. The number of carboxylic acid groups (broad SMARTS) is 1. The molecule has 0 saturated heterocycles. The molecule has 0 bridgehead atoms. The van der Waals surface area contributed by atoms with Crippen molar-refractivity contribution in [3.8, 4) is 0 Å². The van der Waals surface area contributed by atoms with Gasteiger partial charge in [0, 0.05) is 11.4 Å². The molecule has 0 aliphatic rings. The van der Waals surface area contributed by atoms with E-state index in [4.69, 9.17) is 16.6 Å². The van der Waals surface area contributed by atoms with Crippen molar-refractivity contribution < 1.29 is 9.90 Å². The normalized spacial score (nSPS) is 10.2. The van der Waals surface area contributed by atoms with Crippen LogP contribution in [0.4, 0.5) is 11.4 Å². The smallest absolute Gasteiger partial charge is 0.337 e. The van der Waals surface area contributed by atoms with Crippen LogP contribution in [0.3, 0.4) is 0 Å². The fraction of sp³-hybridized carbons (Fsp3) is 0.0714. The van der Waals surface area contributed by atoms with E-state index in [0.717, 1.165) is 11.1 Å². The Balaban J connectivity index is 2.33. The van der Waals surface area contributed by atoms with Crippen molar-refractivity contribution in [1.29, 1.82) is 0 Å². The molecule has 2 aromatic rings. The van der Waals surface area contributed by atoms with Crippen molar-refractivity contribution in [2.45, 2.75) is 6.42 Å². The highest BCUT2D eigenvalue weighted by molar-refractivity contribution is 5.93. The summed E-state index contributed by atoms with van der Waals surface area (Å²) in [6, 6.07) is 12.5. The number of nitrogens with two attached hydrogens (primary N) is 2. The van der Waals surface area contributed by atoms with Crippen molar-refractivity contribution >= 4 is 17.3 Å². The Hall–Kier alpha value is -2.49. The molecule has 0 fully saturated rings. The number of anilines is 2. The zero-order valence-electron chi connectivity index (χ0n) is 9.76. The van der Waals surface area contributed by atoms with Gasteiger partial charge in [-0.05, 0) is 35.7 Å². The summed E-state index contributed by atoms with van der Waals surface area (Å²) in [5.41, 5.74) is 14.4. The number of benzene rings is 2. The van der Waals surface area contributed by atoms with Crippen LogP contribution in [-0.4, -0.2) is 11.1 Å². The fourth-order valence-electron chi connectivity index (χ4n) is 1.81. The van der Waals surface area contributed by atoms with Crippen LogP contribution in [-0.2, 0) is 6.42 Å². The van der Waals surface area contributed by atoms with E-state index in [0.29, 0.717) is 12.1 Å². The number of para-hydroxylation sites is 1. The van der Waals surface area contributed by atoms with Gasteiger partial charge in [-0.15, -0.1) is 0 Å². The molecule has 0 aliphatic carbocycles. The highest BCUT2D eigenvalue weighted by atomic mass is 16.4. The molecule has 5 N–H and O–H groups in total. The first kappa shape index (κ1) is 12.0. The zero-order chi connectivity index (χ0) is 13.1. The molecule has 2 aromatic carbocycles. The first-order valence-electron chi connectivity index (χ1n) is 5.53. The van der Waals surface area contributed by atoms with E-state index in [1.165, 1.54) is 0 Å². The lowest BCUT2D eigenvalue weighted by Gasteiger charge is -2.07. The number of nitrogen functional groups attached to an aromatic ring is 2. The molecule has 0 aliphatic heterocycles. The summed E-state index contributed by atoms with van der Waals surface area (Å²) < 4.78 is 0. The largest absolute Gasteiger partial charge is 0.478 e. The van der Waals surface area contributed by atoms with Crippen molar-refractivity contribution in [2.75, 3.05) is 11.5 Å². The number of carboxylic acids is 1. The van der Waals surface area contributed by atoms with Crippen LogP contribution in [0, 0.1) is 0 Å². The lowest BCUT2D eigenvalue weighted by Crippen LogP contribution is -2.04. The average Bonchev–Trinajstić information content (AvgIpc) is 2.34. The van der Waals surface area contributed by atoms with E-state index in [1.54, 1.807) is 12.1 Å².